The normalized spacial score (nSPS) is 14.0. The number of thioether (sulfide) groups is 1. The molecule has 1 N–H and O–H groups in total. The highest BCUT2D eigenvalue weighted by molar-refractivity contribution is 7.99. The molecule has 0 spiro atoms. The summed E-state index contributed by atoms with van der Waals surface area (Å²) in [7, 11) is 0. The van der Waals surface area contributed by atoms with E-state index in [1.54, 1.807) is 33.3 Å². The fraction of sp³-hybridized carbons (Fsp3) is 0.280. The fourth-order valence-electron chi connectivity index (χ4n) is 4.52. The molecule has 4 aromatic rings. The number of carbonyl (C=O) groups excluding carboxylic acids is 1. The van der Waals surface area contributed by atoms with Gasteiger partial charge in [0.05, 0.1) is 17.0 Å². The first kappa shape index (κ1) is 22.7. The molecule has 2 heterocycles. The van der Waals surface area contributed by atoms with Crippen LogP contribution in [0.25, 0.3) is 17.0 Å². The number of anilines is 1. The molecule has 1 aliphatic rings. The van der Waals surface area contributed by atoms with Crippen molar-refractivity contribution >= 4 is 40.7 Å². The van der Waals surface area contributed by atoms with E-state index in [9.17, 15) is 9.59 Å². The summed E-state index contributed by atoms with van der Waals surface area (Å²) in [5.74, 6) is 0.370. The quantitative estimate of drug-likeness (QED) is 0.404. The Morgan fingerprint density at radius 1 is 1.21 bits per heavy atom. The zero-order valence-electron chi connectivity index (χ0n) is 19.1. The van der Waals surface area contributed by atoms with Gasteiger partial charge in [-0.05, 0) is 37.1 Å². The van der Waals surface area contributed by atoms with Crippen LogP contribution in [0.3, 0.4) is 0 Å². The average Bonchev–Trinajstić information content (AvgIpc) is 3.15. The number of carbonyl (C=O) groups is 1. The number of amides is 1. The summed E-state index contributed by atoms with van der Waals surface area (Å²) in [5, 5.41) is 8.44. The van der Waals surface area contributed by atoms with Gasteiger partial charge in [-0.15, -0.1) is 5.10 Å². The van der Waals surface area contributed by atoms with E-state index in [0.29, 0.717) is 33.8 Å². The summed E-state index contributed by atoms with van der Waals surface area (Å²) in [5.41, 5.74) is 3.70. The minimum atomic E-state index is -0.380. The van der Waals surface area contributed by atoms with E-state index in [4.69, 9.17) is 16.6 Å². The molecule has 0 radical (unpaired) electrons. The zero-order valence-corrected chi connectivity index (χ0v) is 20.7. The average molecular weight is 494 g/mol. The lowest BCUT2D eigenvalue weighted by Gasteiger charge is -2.32. The third-order valence-corrected chi connectivity index (χ3v) is 7.18. The Hall–Kier alpha value is -3.10. The van der Waals surface area contributed by atoms with Crippen molar-refractivity contribution in [2.75, 3.05) is 11.1 Å². The molecule has 174 valence electrons. The van der Waals surface area contributed by atoms with Gasteiger partial charge in [-0.2, -0.15) is 0 Å². The molecule has 0 bridgehead atoms. The molecule has 1 aliphatic carbocycles. The number of benzene rings is 2. The van der Waals surface area contributed by atoms with Gasteiger partial charge in [0.25, 0.3) is 5.56 Å². The van der Waals surface area contributed by atoms with Gasteiger partial charge in [-0.1, -0.05) is 67.5 Å². The van der Waals surface area contributed by atoms with Crippen LogP contribution in [0.5, 0.6) is 0 Å². The number of hydrogen-bond acceptors (Lipinski definition) is 5. The van der Waals surface area contributed by atoms with Gasteiger partial charge in [0.15, 0.2) is 5.16 Å². The second kappa shape index (κ2) is 8.60. The van der Waals surface area contributed by atoms with Crippen LogP contribution >= 0.6 is 23.4 Å². The Morgan fingerprint density at radius 2 is 2.00 bits per heavy atom. The Balaban J connectivity index is 1.55. The second-order valence-electron chi connectivity index (χ2n) is 8.94. The Bertz CT molecular complexity index is 1490. The highest BCUT2D eigenvalue weighted by atomic mass is 35.5. The number of aromatic nitrogens is 4. The number of nitrogens with zero attached hydrogens (tertiary/aromatic N) is 4. The van der Waals surface area contributed by atoms with Crippen molar-refractivity contribution in [3.63, 3.8) is 0 Å². The summed E-state index contributed by atoms with van der Waals surface area (Å²) in [6.45, 7) is 6.66. The Kier molecular flexibility index (Phi) is 5.73. The highest BCUT2D eigenvalue weighted by Gasteiger charge is 2.36. The molecule has 0 aliphatic heterocycles. The van der Waals surface area contributed by atoms with E-state index in [2.05, 4.69) is 30.3 Å². The van der Waals surface area contributed by atoms with Gasteiger partial charge in [-0.25, -0.2) is 14.1 Å². The fourth-order valence-corrected chi connectivity index (χ4v) is 5.49. The number of nitrogens with one attached hydrogen (secondary N) is 1. The van der Waals surface area contributed by atoms with Crippen LogP contribution in [0.1, 0.15) is 31.9 Å². The van der Waals surface area contributed by atoms with E-state index < -0.39 is 0 Å². The van der Waals surface area contributed by atoms with Crippen LogP contribution in [-0.2, 0) is 23.2 Å². The van der Waals surface area contributed by atoms with Crippen LogP contribution in [0.2, 0.25) is 5.02 Å². The van der Waals surface area contributed by atoms with Crippen molar-refractivity contribution in [1.29, 1.82) is 0 Å². The highest BCUT2D eigenvalue weighted by Crippen LogP contribution is 2.40. The molecule has 0 atom stereocenters. The summed E-state index contributed by atoms with van der Waals surface area (Å²) in [4.78, 5) is 31.4. The standard InChI is InChI=1S/C25H24ClN5O2S/c1-4-30-23-28-21-18-11-6-5-8-15(18)13-25(2,3)20(21)22(33)31(23)24(29-30)34-14-19(32)27-17-10-7-9-16(26)12-17/h5-12H,4,13-14H2,1-3H3,(H,27,32). The molecule has 0 unspecified atom stereocenters. The first-order valence-corrected chi connectivity index (χ1v) is 12.5. The van der Waals surface area contributed by atoms with E-state index in [-0.39, 0.29) is 22.6 Å². The molecular weight excluding hydrogens is 470 g/mol. The minimum Gasteiger partial charge on any atom is -0.325 e. The van der Waals surface area contributed by atoms with Crippen LogP contribution in [-0.4, -0.2) is 30.8 Å². The zero-order chi connectivity index (χ0) is 24.0. The third-order valence-electron chi connectivity index (χ3n) is 6.02. The molecule has 0 saturated heterocycles. The summed E-state index contributed by atoms with van der Waals surface area (Å²) in [6, 6.07) is 15.1. The maximum Gasteiger partial charge on any atom is 0.265 e. The van der Waals surface area contributed by atoms with Gasteiger partial charge in [0, 0.05) is 28.2 Å². The van der Waals surface area contributed by atoms with Crippen molar-refractivity contribution < 1.29 is 4.79 Å². The van der Waals surface area contributed by atoms with E-state index in [0.717, 1.165) is 17.7 Å². The summed E-state index contributed by atoms with van der Waals surface area (Å²) < 4.78 is 3.26. The molecule has 2 aromatic carbocycles. The molecule has 2 aromatic heterocycles. The maximum atomic E-state index is 13.9. The summed E-state index contributed by atoms with van der Waals surface area (Å²) >= 11 is 7.22. The number of halogens is 1. The van der Waals surface area contributed by atoms with Crippen LogP contribution in [0.15, 0.2) is 58.5 Å². The topological polar surface area (TPSA) is 81.3 Å². The maximum absolute atomic E-state index is 13.9. The lowest BCUT2D eigenvalue weighted by molar-refractivity contribution is -0.113. The smallest absolute Gasteiger partial charge is 0.265 e. The SMILES string of the molecule is CCn1nc(SCC(=O)Nc2cccc(Cl)c2)n2c(=O)c3c(nc12)-c1ccccc1CC3(C)C. The van der Waals surface area contributed by atoms with Crippen LogP contribution in [0, 0.1) is 0 Å². The van der Waals surface area contributed by atoms with Crippen LogP contribution < -0.4 is 10.9 Å². The monoisotopic (exact) mass is 493 g/mol. The number of hydrogen-bond donors (Lipinski definition) is 1. The van der Waals surface area contributed by atoms with Crippen molar-refractivity contribution in [1.82, 2.24) is 19.2 Å². The molecule has 1 amide bonds. The molecule has 9 heteroatoms. The van der Waals surface area contributed by atoms with Crippen molar-refractivity contribution in [3.05, 3.63) is 75.0 Å². The van der Waals surface area contributed by atoms with Gasteiger partial charge in [0.2, 0.25) is 11.7 Å². The molecule has 5 rings (SSSR count). The van der Waals surface area contributed by atoms with Gasteiger partial charge >= 0.3 is 0 Å². The van der Waals surface area contributed by atoms with E-state index in [1.807, 2.05) is 25.1 Å². The Labute approximate surface area is 206 Å². The first-order chi connectivity index (χ1) is 16.3. The first-order valence-electron chi connectivity index (χ1n) is 11.1. The lowest BCUT2D eigenvalue weighted by Crippen LogP contribution is -2.36. The number of rotatable bonds is 5. The van der Waals surface area contributed by atoms with Gasteiger partial charge in [0.1, 0.15) is 0 Å². The van der Waals surface area contributed by atoms with E-state index in [1.165, 1.54) is 17.3 Å². The van der Waals surface area contributed by atoms with Crippen molar-refractivity contribution in [3.8, 4) is 11.3 Å². The third kappa shape index (κ3) is 3.91. The second-order valence-corrected chi connectivity index (χ2v) is 10.3. The number of fused-ring (bicyclic) bond motifs is 4. The minimum absolute atomic E-state index is 0.0953. The van der Waals surface area contributed by atoms with Crippen molar-refractivity contribution in [2.24, 2.45) is 0 Å². The molecular formula is C25H24ClN5O2S. The van der Waals surface area contributed by atoms with Gasteiger partial charge in [-0.3, -0.25) is 9.59 Å². The predicted molar refractivity (Wildman–Crippen MR) is 136 cm³/mol. The lowest BCUT2D eigenvalue weighted by atomic mass is 9.72. The van der Waals surface area contributed by atoms with Crippen LogP contribution in [0.4, 0.5) is 5.69 Å². The van der Waals surface area contributed by atoms with Crippen molar-refractivity contribution in [2.45, 2.75) is 44.3 Å². The molecule has 7 nitrogen and oxygen atoms in total. The largest absolute Gasteiger partial charge is 0.325 e. The van der Waals surface area contributed by atoms with E-state index >= 15 is 0 Å². The molecule has 34 heavy (non-hydrogen) atoms. The molecule has 0 fully saturated rings. The van der Waals surface area contributed by atoms with Gasteiger partial charge < -0.3 is 5.32 Å². The number of aryl methyl sites for hydroxylation is 1. The summed E-state index contributed by atoms with van der Waals surface area (Å²) in [6.07, 6.45) is 0.756. The molecule has 0 saturated carbocycles. The predicted octanol–water partition coefficient (Wildman–Crippen LogP) is 4.80. The Morgan fingerprint density at radius 3 is 2.76 bits per heavy atom.